The number of fused-ring (bicyclic) bond motifs is 1. The number of aliphatic carboxylic acids is 1. The second-order valence-electron chi connectivity index (χ2n) is 5.78. The molecule has 2 aromatic rings. The maximum absolute atomic E-state index is 12.2. The molecule has 1 heterocycles. The first-order valence-electron chi connectivity index (χ1n) is 7.12. The molecular formula is C16H18N2O3. The van der Waals surface area contributed by atoms with Gasteiger partial charge in [-0.3, -0.25) is 4.79 Å². The van der Waals surface area contributed by atoms with Gasteiger partial charge >= 0.3 is 5.97 Å². The molecule has 1 aromatic heterocycles. The lowest BCUT2D eigenvalue weighted by molar-refractivity contribution is -0.151. The highest BCUT2D eigenvalue weighted by molar-refractivity contribution is 5.93. The van der Waals surface area contributed by atoms with E-state index in [2.05, 4.69) is 10.3 Å². The molecule has 21 heavy (non-hydrogen) atoms. The second-order valence-corrected chi connectivity index (χ2v) is 5.78. The predicted molar refractivity (Wildman–Crippen MR) is 79.1 cm³/mol. The highest BCUT2D eigenvalue weighted by atomic mass is 16.4. The van der Waals surface area contributed by atoms with E-state index in [1.165, 1.54) is 0 Å². The minimum absolute atomic E-state index is 0.194. The second kappa shape index (κ2) is 4.91. The molecule has 0 bridgehead atoms. The number of rotatable bonds is 4. The molecule has 0 spiro atoms. The summed E-state index contributed by atoms with van der Waals surface area (Å²) >= 11 is 0. The first-order valence-corrected chi connectivity index (χ1v) is 7.12. The largest absolute Gasteiger partial charge is 0.480 e. The summed E-state index contributed by atoms with van der Waals surface area (Å²) in [4.78, 5) is 26.6. The van der Waals surface area contributed by atoms with Crippen LogP contribution in [-0.4, -0.2) is 27.5 Å². The van der Waals surface area contributed by atoms with Crippen LogP contribution in [-0.2, 0) is 16.0 Å². The zero-order valence-corrected chi connectivity index (χ0v) is 11.9. The van der Waals surface area contributed by atoms with E-state index >= 15 is 0 Å². The number of carboxylic acid groups (broad SMARTS) is 1. The molecule has 0 atom stereocenters. The van der Waals surface area contributed by atoms with Crippen molar-refractivity contribution in [1.82, 2.24) is 10.3 Å². The number of aromatic amines is 1. The van der Waals surface area contributed by atoms with Gasteiger partial charge in [-0.15, -0.1) is 0 Å². The van der Waals surface area contributed by atoms with Gasteiger partial charge in [-0.25, -0.2) is 4.79 Å². The minimum atomic E-state index is -1.04. The van der Waals surface area contributed by atoms with Crippen LogP contribution >= 0.6 is 0 Å². The number of amides is 1. The van der Waals surface area contributed by atoms with Gasteiger partial charge in [-0.05, 0) is 43.4 Å². The zero-order valence-electron chi connectivity index (χ0n) is 11.9. The van der Waals surface area contributed by atoms with Crippen LogP contribution in [0, 0.1) is 6.92 Å². The minimum Gasteiger partial charge on any atom is -0.480 e. The molecule has 3 rings (SSSR count). The van der Waals surface area contributed by atoms with Crippen LogP contribution < -0.4 is 5.32 Å². The molecule has 1 fully saturated rings. The number of benzene rings is 1. The number of carbonyl (C=O) groups excluding carboxylic acids is 1. The lowest BCUT2D eigenvalue weighted by Gasteiger charge is -2.38. The number of hydrogen-bond donors (Lipinski definition) is 3. The van der Waals surface area contributed by atoms with Gasteiger partial charge in [0.1, 0.15) is 5.54 Å². The summed E-state index contributed by atoms with van der Waals surface area (Å²) in [5.41, 5.74) is 1.96. The van der Waals surface area contributed by atoms with Crippen molar-refractivity contribution >= 4 is 22.8 Å². The van der Waals surface area contributed by atoms with Gasteiger partial charge in [0.05, 0.1) is 6.42 Å². The van der Waals surface area contributed by atoms with Gasteiger partial charge in [-0.1, -0.05) is 12.1 Å². The molecule has 0 unspecified atom stereocenters. The fourth-order valence-electron chi connectivity index (χ4n) is 3.00. The SMILES string of the molecule is Cc1cccc2[nH]cc(CC(=O)NC3(C(=O)O)CCC3)c12. The maximum Gasteiger partial charge on any atom is 0.329 e. The first kappa shape index (κ1) is 13.7. The third-order valence-electron chi connectivity index (χ3n) is 4.34. The van der Waals surface area contributed by atoms with Gasteiger partial charge in [0.25, 0.3) is 0 Å². The van der Waals surface area contributed by atoms with Crippen LogP contribution in [0.15, 0.2) is 24.4 Å². The lowest BCUT2D eigenvalue weighted by Crippen LogP contribution is -2.59. The number of aromatic nitrogens is 1. The van der Waals surface area contributed by atoms with E-state index < -0.39 is 11.5 Å². The predicted octanol–water partition coefficient (Wildman–Crippen LogP) is 2.14. The van der Waals surface area contributed by atoms with E-state index in [9.17, 15) is 14.7 Å². The van der Waals surface area contributed by atoms with Crippen LogP contribution in [0.1, 0.15) is 30.4 Å². The third kappa shape index (κ3) is 2.28. The van der Waals surface area contributed by atoms with Crippen LogP contribution in [0.2, 0.25) is 0 Å². The van der Waals surface area contributed by atoms with E-state index in [0.717, 1.165) is 28.5 Å². The molecule has 0 radical (unpaired) electrons. The number of hydrogen-bond acceptors (Lipinski definition) is 2. The Kier molecular flexibility index (Phi) is 3.20. The van der Waals surface area contributed by atoms with E-state index in [4.69, 9.17) is 0 Å². The molecule has 5 heteroatoms. The van der Waals surface area contributed by atoms with Crippen LogP contribution in [0.5, 0.6) is 0 Å². The quantitative estimate of drug-likeness (QED) is 0.805. The lowest BCUT2D eigenvalue weighted by atomic mass is 9.76. The Hall–Kier alpha value is -2.30. The van der Waals surface area contributed by atoms with E-state index in [1.54, 1.807) is 0 Å². The molecule has 5 nitrogen and oxygen atoms in total. The molecule has 1 saturated carbocycles. The van der Waals surface area contributed by atoms with Crippen LogP contribution in [0.4, 0.5) is 0 Å². The Morgan fingerprint density at radius 1 is 1.38 bits per heavy atom. The monoisotopic (exact) mass is 286 g/mol. The Morgan fingerprint density at radius 3 is 2.76 bits per heavy atom. The van der Waals surface area contributed by atoms with Gasteiger partial charge in [0.15, 0.2) is 0 Å². The number of carbonyl (C=O) groups is 2. The summed E-state index contributed by atoms with van der Waals surface area (Å²) in [5, 5.41) is 13.0. The van der Waals surface area contributed by atoms with Gasteiger partial charge in [-0.2, -0.15) is 0 Å². The molecule has 110 valence electrons. The summed E-state index contributed by atoms with van der Waals surface area (Å²) in [5.74, 6) is -1.17. The topological polar surface area (TPSA) is 82.2 Å². The fourth-order valence-corrected chi connectivity index (χ4v) is 3.00. The van der Waals surface area contributed by atoms with Crippen molar-refractivity contribution in [3.05, 3.63) is 35.5 Å². The van der Waals surface area contributed by atoms with E-state index in [0.29, 0.717) is 12.8 Å². The van der Waals surface area contributed by atoms with Crippen molar-refractivity contribution in [3.8, 4) is 0 Å². The first-order chi connectivity index (χ1) is 10.0. The Bertz CT molecular complexity index is 713. The summed E-state index contributed by atoms with van der Waals surface area (Å²) in [7, 11) is 0. The van der Waals surface area contributed by atoms with Gasteiger partial charge < -0.3 is 15.4 Å². The molecule has 0 aliphatic heterocycles. The number of aryl methyl sites for hydroxylation is 1. The van der Waals surface area contributed by atoms with Crippen molar-refractivity contribution < 1.29 is 14.7 Å². The number of H-pyrrole nitrogens is 1. The average Bonchev–Trinajstić information content (AvgIpc) is 2.78. The molecule has 1 aliphatic carbocycles. The molecule has 1 aliphatic rings. The van der Waals surface area contributed by atoms with Crippen LogP contribution in [0.25, 0.3) is 10.9 Å². The van der Waals surface area contributed by atoms with Crippen molar-refractivity contribution in [2.45, 2.75) is 38.1 Å². The summed E-state index contributed by atoms with van der Waals surface area (Å²) in [6.45, 7) is 2.00. The van der Waals surface area contributed by atoms with Crippen molar-refractivity contribution in [3.63, 3.8) is 0 Å². The summed E-state index contributed by atoms with van der Waals surface area (Å²) in [6.07, 6.45) is 3.89. The number of carboxylic acids is 1. The number of nitrogens with one attached hydrogen (secondary N) is 2. The maximum atomic E-state index is 12.2. The summed E-state index contributed by atoms with van der Waals surface area (Å²) < 4.78 is 0. The molecule has 0 saturated heterocycles. The Labute approximate surface area is 122 Å². The van der Waals surface area contributed by atoms with Crippen molar-refractivity contribution in [2.75, 3.05) is 0 Å². The third-order valence-corrected chi connectivity index (χ3v) is 4.34. The molecular weight excluding hydrogens is 268 g/mol. The average molecular weight is 286 g/mol. The fraction of sp³-hybridized carbons (Fsp3) is 0.375. The normalized spacial score (nSPS) is 16.4. The highest BCUT2D eigenvalue weighted by Crippen LogP contribution is 2.32. The van der Waals surface area contributed by atoms with E-state index in [-0.39, 0.29) is 12.3 Å². The zero-order chi connectivity index (χ0) is 15.0. The standard InChI is InChI=1S/C16H18N2O3/c1-10-4-2-5-12-14(10)11(9-17-12)8-13(19)18-16(15(20)21)6-3-7-16/h2,4-5,9,17H,3,6-8H2,1H3,(H,18,19)(H,20,21). The van der Waals surface area contributed by atoms with E-state index in [1.807, 2.05) is 31.3 Å². The Balaban J connectivity index is 1.79. The smallest absolute Gasteiger partial charge is 0.329 e. The van der Waals surface area contributed by atoms with Gasteiger partial charge in [0.2, 0.25) is 5.91 Å². The molecule has 1 amide bonds. The Morgan fingerprint density at radius 2 is 2.14 bits per heavy atom. The van der Waals surface area contributed by atoms with Crippen molar-refractivity contribution in [1.29, 1.82) is 0 Å². The highest BCUT2D eigenvalue weighted by Gasteiger charge is 2.45. The molecule has 1 aromatic carbocycles. The molecule has 3 N–H and O–H groups in total. The summed E-state index contributed by atoms with van der Waals surface area (Å²) in [6, 6.07) is 5.93. The van der Waals surface area contributed by atoms with Crippen molar-refractivity contribution in [2.24, 2.45) is 0 Å². The van der Waals surface area contributed by atoms with Gasteiger partial charge in [0, 0.05) is 17.1 Å². The van der Waals surface area contributed by atoms with Crippen LogP contribution in [0.3, 0.4) is 0 Å².